The normalized spacial score (nSPS) is 11.6. The van der Waals surface area contributed by atoms with E-state index in [0.29, 0.717) is 12.0 Å². The van der Waals surface area contributed by atoms with E-state index in [4.69, 9.17) is 21.7 Å². The monoisotopic (exact) mass is 246 g/mol. The van der Waals surface area contributed by atoms with Crippen LogP contribution in [-0.2, 0) is 6.42 Å². The van der Waals surface area contributed by atoms with Gasteiger partial charge >= 0.3 is 5.97 Å². The molecule has 0 saturated heterocycles. The van der Waals surface area contributed by atoms with Crippen LogP contribution in [0.2, 0.25) is 0 Å². The fraction of sp³-hybridized carbons (Fsp3) is 0.300. The number of aliphatic hydroxyl groups is 1. The molecule has 90 valence electrons. The SMILES string of the molecule is Cl.Nc1c(CC(N)CO)cccc1C(=O)O. The molecule has 0 fully saturated rings. The van der Waals surface area contributed by atoms with Gasteiger partial charge < -0.3 is 21.7 Å². The third-order valence-corrected chi connectivity index (χ3v) is 2.14. The van der Waals surface area contributed by atoms with Crippen LogP contribution < -0.4 is 11.5 Å². The second-order valence-corrected chi connectivity index (χ2v) is 3.33. The lowest BCUT2D eigenvalue weighted by Gasteiger charge is -2.11. The molecular formula is C10H15ClN2O3. The maximum absolute atomic E-state index is 10.8. The van der Waals surface area contributed by atoms with Crippen molar-refractivity contribution >= 4 is 24.1 Å². The first kappa shape index (κ1) is 14.7. The molecule has 0 radical (unpaired) electrons. The van der Waals surface area contributed by atoms with Crippen molar-refractivity contribution in [2.75, 3.05) is 12.3 Å². The molecule has 6 N–H and O–H groups in total. The standard InChI is InChI=1S/C10H14N2O3.ClH/c11-7(5-13)4-6-2-1-3-8(9(6)12)10(14)15;/h1-3,7,13H,4-5,11-12H2,(H,14,15);1H. The minimum Gasteiger partial charge on any atom is -0.478 e. The number of halogens is 1. The van der Waals surface area contributed by atoms with Crippen molar-refractivity contribution in [1.82, 2.24) is 0 Å². The van der Waals surface area contributed by atoms with E-state index in [-0.39, 0.29) is 30.3 Å². The zero-order chi connectivity index (χ0) is 11.4. The summed E-state index contributed by atoms with van der Waals surface area (Å²) in [4.78, 5) is 10.8. The van der Waals surface area contributed by atoms with Gasteiger partial charge in [-0.05, 0) is 18.1 Å². The van der Waals surface area contributed by atoms with Crippen LogP contribution in [0.4, 0.5) is 5.69 Å². The van der Waals surface area contributed by atoms with Crippen LogP contribution >= 0.6 is 12.4 Å². The summed E-state index contributed by atoms with van der Waals surface area (Å²) in [6, 6.07) is 4.33. The van der Waals surface area contributed by atoms with Gasteiger partial charge in [-0.25, -0.2) is 4.79 Å². The van der Waals surface area contributed by atoms with Crippen LogP contribution in [0.3, 0.4) is 0 Å². The van der Waals surface area contributed by atoms with Crippen molar-refractivity contribution in [3.63, 3.8) is 0 Å². The fourth-order valence-electron chi connectivity index (χ4n) is 1.32. The van der Waals surface area contributed by atoms with Gasteiger partial charge in [0.1, 0.15) is 0 Å². The average molecular weight is 247 g/mol. The number of aliphatic hydroxyl groups excluding tert-OH is 1. The lowest BCUT2D eigenvalue weighted by Crippen LogP contribution is -2.27. The number of hydrogen-bond acceptors (Lipinski definition) is 4. The first-order valence-electron chi connectivity index (χ1n) is 4.53. The Bertz CT molecular complexity index is 371. The van der Waals surface area contributed by atoms with Crippen molar-refractivity contribution in [2.24, 2.45) is 5.73 Å². The number of rotatable bonds is 4. The molecular weight excluding hydrogens is 232 g/mol. The minimum absolute atomic E-state index is 0. The Morgan fingerprint density at radius 3 is 2.56 bits per heavy atom. The van der Waals surface area contributed by atoms with Gasteiger partial charge in [0.25, 0.3) is 0 Å². The summed E-state index contributed by atoms with van der Waals surface area (Å²) in [5.74, 6) is -1.06. The largest absolute Gasteiger partial charge is 0.478 e. The number of carbonyl (C=O) groups is 1. The van der Waals surface area contributed by atoms with E-state index in [1.807, 2.05) is 0 Å². The molecule has 6 heteroatoms. The highest BCUT2D eigenvalue weighted by Crippen LogP contribution is 2.18. The van der Waals surface area contributed by atoms with Crippen molar-refractivity contribution in [3.05, 3.63) is 29.3 Å². The topological polar surface area (TPSA) is 110 Å². The lowest BCUT2D eigenvalue weighted by molar-refractivity contribution is 0.0698. The van der Waals surface area contributed by atoms with Gasteiger partial charge in [0.05, 0.1) is 12.2 Å². The van der Waals surface area contributed by atoms with Gasteiger partial charge in [-0.15, -0.1) is 12.4 Å². The second-order valence-electron chi connectivity index (χ2n) is 3.33. The smallest absolute Gasteiger partial charge is 0.337 e. The van der Waals surface area contributed by atoms with Gasteiger partial charge in [0.15, 0.2) is 0 Å². The summed E-state index contributed by atoms with van der Waals surface area (Å²) in [6.45, 7) is -0.156. The maximum atomic E-state index is 10.8. The Labute approximate surface area is 99.5 Å². The van der Waals surface area contributed by atoms with Crippen molar-refractivity contribution in [3.8, 4) is 0 Å². The molecule has 1 aromatic rings. The third-order valence-electron chi connectivity index (χ3n) is 2.14. The molecule has 1 unspecified atom stereocenters. The number of hydrogen-bond donors (Lipinski definition) is 4. The van der Waals surface area contributed by atoms with Gasteiger partial charge in [0.2, 0.25) is 0 Å². The molecule has 16 heavy (non-hydrogen) atoms. The molecule has 1 aromatic carbocycles. The number of anilines is 1. The molecule has 0 spiro atoms. The zero-order valence-corrected chi connectivity index (χ0v) is 9.41. The molecule has 1 atom stereocenters. The lowest BCUT2D eigenvalue weighted by atomic mass is 10.0. The number of para-hydroxylation sites is 1. The first-order valence-corrected chi connectivity index (χ1v) is 4.53. The van der Waals surface area contributed by atoms with Crippen LogP contribution in [-0.4, -0.2) is 28.8 Å². The highest BCUT2D eigenvalue weighted by Gasteiger charge is 2.12. The number of nitrogen functional groups attached to an aromatic ring is 1. The number of benzene rings is 1. The van der Waals surface area contributed by atoms with E-state index in [2.05, 4.69) is 0 Å². The molecule has 5 nitrogen and oxygen atoms in total. The van der Waals surface area contributed by atoms with E-state index >= 15 is 0 Å². The maximum Gasteiger partial charge on any atom is 0.337 e. The van der Waals surface area contributed by atoms with Crippen LogP contribution in [0.15, 0.2) is 18.2 Å². The summed E-state index contributed by atoms with van der Waals surface area (Å²) in [7, 11) is 0. The number of carboxylic acids is 1. The third kappa shape index (κ3) is 3.37. The van der Waals surface area contributed by atoms with E-state index < -0.39 is 12.0 Å². The Kier molecular flexibility index (Phi) is 5.81. The predicted molar refractivity (Wildman–Crippen MR) is 63.8 cm³/mol. The summed E-state index contributed by atoms with van der Waals surface area (Å²) in [6.07, 6.45) is 0.365. The van der Waals surface area contributed by atoms with Crippen LogP contribution in [0, 0.1) is 0 Å². The van der Waals surface area contributed by atoms with Gasteiger partial charge in [-0.2, -0.15) is 0 Å². The summed E-state index contributed by atoms with van der Waals surface area (Å²) < 4.78 is 0. The van der Waals surface area contributed by atoms with Crippen molar-refractivity contribution in [1.29, 1.82) is 0 Å². The quantitative estimate of drug-likeness (QED) is 0.570. The molecule has 0 bridgehead atoms. The summed E-state index contributed by atoms with van der Waals surface area (Å²) >= 11 is 0. The van der Waals surface area contributed by atoms with Gasteiger partial charge in [-0.1, -0.05) is 12.1 Å². The fourth-order valence-corrected chi connectivity index (χ4v) is 1.32. The van der Waals surface area contributed by atoms with Gasteiger partial charge in [0, 0.05) is 11.7 Å². The summed E-state index contributed by atoms with van der Waals surface area (Å²) in [5.41, 5.74) is 12.1. The summed E-state index contributed by atoms with van der Waals surface area (Å²) in [5, 5.41) is 17.6. The molecule has 0 heterocycles. The molecule has 1 rings (SSSR count). The number of nitrogens with two attached hydrogens (primary N) is 2. The Hall–Kier alpha value is -1.30. The van der Waals surface area contributed by atoms with E-state index in [1.54, 1.807) is 12.1 Å². The van der Waals surface area contributed by atoms with Crippen LogP contribution in [0.25, 0.3) is 0 Å². The predicted octanol–water partition coefficient (Wildman–Crippen LogP) is 0.251. The molecule has 0 aliphatic heterocycles. The molecule has 0 amide bonds. The van der Waals surface area contributed by atoms with E-state index in [1.165, 1.54) is 6.07 Å². The molecule has 0 aliphatic carbocycles. The minimum atomic E-state index is -1.06. The Balaban J connectivity index is 0.00000225. The highest BCUT2D eigenvalue weighted by atomic mass is 35.5. The van der Waals surface area contributed by atoms with Gasteiger partial charge in [-0.3, -0.25) is 0 Å². The Morgan fingerprint density at radius 1 is 1.44 bits per heavy atom. The highest BCUT2D eigenvalue weighted by molar-refractivity contribution is 5.94. The Morgan fingerprint density at radius 2 is 2.06 bits per heavy atom. The van der Waals surface area contributed by atoms with Crippen molar-refractivity contribution in [2.45, 2.75) is 12.5 Å². The molecule has 0 saturated carbocycles. The number of aromatic carboxylic acids is 1. The molecule has 0 aliphatic rings. The molecule has 0 aromatic heterocycles. The number of carboxylic acid groups (broad SMARTS) is 1. The average Bonchev–Trinajstić information content (AvgIpc) is 2.20. The van der Waals surface area contributed by atoms with Crippen molar-refractivity contribution < 1.29 is 15.0 Å². The van der Waals surface area contributed by atoms with Crippen LogP contribution in [0.1, 0.15) is 15.9 Å². The van der Waals surface area contributed by atoms with Crippen LogP contribution in [0.5, 0.6) is 0 Å². The van der Waals surface area contributed by atoms with E-state index in [0.717, 1.165) is 0 Å². The first-order chi connectivity index (χ1) is 7.06. The zero-order valence-electron chi connectivity index (χ0n) is 8.59. The van der Waals surface area contributed by atoms with E-state index in [9.17, 15) is 4.79 Å². The second kappa shape index (κ2) is 6.32.